The maximum absolute atomic E-state index is 12.9. The van der Waals surface area contributed by atoms with Gasteiger partial charge in [-0.15, -0.1) is 0 Å². The van der Waals surface area contributed by atoms with Crippen LogP contribution in [0.5, 0.6) is 0 Å². The zero-order chi connectivity index (χ0) is 19.7. The number of benzene rings is 2. The van der Waals surface area contributed by atoms with Crippen molar-refractivity contribution in [2.45, 2.75) is 13.8 Å². The van der Waals surface area contributed by atoms with Crippen molar-refractivity contribution in [2.75, 3.05) is 31.1 Å². The molecule has 28 heavy (non-hydrogen) atoms. The Morgan fingerprint density at radius 1 is 1.00 bits per heavy atom. The number of aromatic nitrogens is 2. The van der Waals surface area contributed by atoms with Crippen molar-refractivity contribution in [3.8, 4) is 11.3 Å². The molecule has 0 bridgehead atoms. The Bertz CT molecular complexity index is 988. The quantitative estimate of drug-likeness (QED) is 0.720. The van der Waals surface area contributed by atoms with E-state index in [1.165, 1.54) is 0 Å². The lowest BCUT2D eigenvalue weighted by atomic mass is 10.0. The maximum Gasteiger partial charge on any atom is 0.254 e. The maximum atomic E-state index is 12.9. The van der Waals surface area contributed by atoms with Gasteiger partial charge in [0.15, 0.2) is 5.82 Å². The first-order valence-corrected chi connectivity index (χ1v) is 9.82. The lowest BCUT2D eigenvalue weighted by Crippen LogP contribution is -2.49. The zero-order valence-electron chi connectivity index (χ0n) is 16.1. The number of H-pyrrole nitrogens is 1. The minimum atomic E-state index is 0.115. The molecule has 0 radical (unpaired) electrons. The minimum absolute atomic E-state index is 0.115. The predicted octanol–water partition coefficient (Wildman–Crippen LogP) is 4.31. The Kier molecular flexibility index (Phi) is 5.09. The number of amides is 1. The molecule has 2 aromatic carbocycles. The number of aryl methyl sites for hydroxylation is 2. The fourth-order valence-electron chi connectivity index (χ4n) is 3.53. The monoisotopic (exact) mass is 394 g/mol. The lowest BCUT2D eigenvalue weighted by molar-refractivity contribution is 0.0745. The number of hydrogen-bond donors (Lipinski definition) is 1. The van der Waals surface area contributed by atoms with Gasteiger partial charge in [0.25, 0.3) is 5.91 Å². The van der Waals surface area contributed by atoms with Crippen LogP contribution < -0.4 is 4.90 Å². The second-order valence-corrected chi connectivity index (χ2v) is 7.68. The third-order valence-corrected chi connectivity index (χ3v) is 5.49. The SMILES string of the molecule is Cc1ccc(C)c(C(=O)N2CCN(c3cc(-c4ccc(Cl)cc4)[nH]n3)CC2)c1. The summed E-state index contributed by atoms with van der Waals surface area (Å²) in [6.45, 7) is 6.92. The highest BCUT2D eigenvalue weighted by molar-refractivity contribution is 6.30. The van der Waals surface area contributed by atoms with E-state index >= 15 is 0 Å². The molecule has 0 spiro atoms. The summed E-state index contributed by atoms with van der Waals surface area (Å²) in [4.78, 5) is 17.1. The number of aromatic amines is 1. The number of piperazine rings is 1. The van der Waals surface area contributed by atoms with Crippen LogP contribution in [0.1, 0.15) is 21.5 Å². The highest BCUT2D eigenvalue weighted by Crippen LogP contribution is 2.24. The van der Waals surface area contributed by atoms with Gasteiger partial charge < -0.3 is 9.80 Å². The molecule has 0 aliphatic carbocycles. The smallest absolute Gasteiger partial charge is 0.254 e. The molecule has 0 atom stereocenters. The molecule has 1 amide bonds. The molecule has 0 unspecified atom stereocenters. The van der Waals surface area contributed by atoms with E-state index in [4.69, 9.17) is 11.6 Å². The molecule has 6 heteroatoms. The molecule has 3 aromatic rings. The van der Waals surface area contributed by atoms with E-state index in [1.54, 1.807) is 0 Å². The van der Waals surface area contributed by atoms with Crippen LogP contribution in [0.3, 0.4) is 0 Å². The summed E-state index contributed by atoms with van der Waals surface area (Å²) in [7, 11) is 0. The van der Waals surface area contributed by atoms with Crippen LogP contribution in [0.15, 0.2) is 48.5 Å². The minimum Gasteiger partial charge on any atom is -0.352 e. The molecular formula is C22H23ClN4O. The Hall–Kier alpha value is -2.79. The van der Waals surface area contributed by atoms with Crippen LogP contribution in [0, 0.1) is 13.8 Å². The molecule has 1 aliphatic rings. The standard InChI is InChI=1S/C22H23ClN4O/c1-15-3-4-16(2)19(13-15)22(28)27-11-9-26(10-12-27)21-14-20(24-25-21)17-5-7-18(23)8-6-17/h3-8,13-14H,9-12H2,1-2H3,(H,24,25). The van der Waals surface area contributed by atoms with Gasteiger partial charge in [0.2, 0.25) is 0 Å². The summed E-state index contributed by atoms with van der Waals surface area (Å²) in [6, 6.07) is 15.8. The van der Waals surface area contributed by atoms with Crippen molar-refractivity contribution in [1.82, 2.24) is 15.1 Å². The fraction of sp³-hybridized carbons (Fsp3) is 0.273. The van der Waals surface area contributed by atoms with E-state index in [9.17, 15) is 4.79 Å². The number of nitrogens with one attached hydrogen (secondary N) is 1. The van der Waals surface area contributed by atoms with E-state index in [-0.39, 0.29) is 5.91 Å². The van der Waals surface area contributed by atoms with E-state index in [0.717, 1.165) is 46.9 Å². The first kappa shape index (κ1) is 18.6. The first-order chi connectivity index (χ1) is 13.5. The third kappa shape index (κ3) is 3.76. The van der Waals surface area contributed by atoms with Gasteiger partial charge in [-0.05, 0) is 43.2 Å². The van der Waals surface area contributed by atoms with Crippen LogP contribution in [0.2, 0.25) is 5.02 Å². The molecule has 5 nitrogen and oxygen atoms in total. The summed E-state index contributed by atoms with van der Waals surface area (Å²) in [5, 5.41) is 8.27. The summed E-state index contributed by atoms with van der Waals surface area (Å²) in [6.07, 6.45) is 0. The average molecular weight is 395 g/mol. The molecule has 1 N–H and O–H groups in total. The van der Waals surface area contributed by atoms with Crippen molar-refractivity contribution < 1.29 is 4.79 Å². The van der Waals surface area contributed by atoms with Gasteiger partial charge in [0, 0.05) is 42.8 Å². The molecule has 4 rings (SSSR count). The normalized spacial score (nSPS) is 14.4. The highest BCUT2D eigenvalue weighted by Gasteiger charge is 2.24. The molecule has 1 aliphatic heterocycles. The van der Waals surface area contributed by atoms with Gasteiger partial charge in [-0.1, -0.05) is 41.4 Å². The third-order valence-electron chi connectivity index (χ3n) is 5.23. The summed E-state index contributed by atoms with van der Waals surface area (Å²) in [5.41, 5.74) is 4.95. The van der Waals surface area contributed by atoms with E-state index in [2.05, 4.69) is 15.1 Å². The van der Waals surface area contributed by atoms with Crippen molar-refractivity contribution in [2.24, 2.45) is 0 Å². The molecule has 1 saturated heterocycles. The summed E-state index contributed by atoms with van der Waals surface area (Å²) in [5.74, 6) is 1.02. The average Bonchev–Trinajstić information content (AvgIpc) is 3.20. The van der Waals surface area contributed by atoms with Gasteiger partial charge >= 0.3 is 0 Å². The van der Waals surface area contributed by atoms with Gasteiger partial charge in [-0.3, -0.25) is 9.89 Å². The van der Waals surface area contributed by atoms with Gasteiger partial charge in [0.05, 0.1) is 5.69 Å². The Labute approximate surface area is 169 Å². The lowest BCUT2D eigenvalue weighted by Gasteiger charge is -2.35. The first-order valence-electron chi connectivity index (χ1n) is 9.44. The van der Waals surface area contributed by atoms with E-state index in [1.807, 2.05) is 67.3 Å². The van der Waals surface area contributed by atoms with E-state index in [0.29, 0.717) is 18.1 Å². The topological polar surface area (TPSA) is 52.2 Å². The number of carbonyl (C=O) groups excluding carboxylic acids is 1. The number of hydrogen-bond acceptors (Lipinski definition) is 3. The Balaban J connectivity index is 1.42. The predicted molar refractivity (Wildman–Crippen MR) is 113 cm³/mol. The highest BCUT2D eigenvalue weighted by atomic mass is 35.5. The molecule has 1 fully saturated rings. The second kappa shape index (κ2) is 7.68. The van der Waals surface area contributed by atoms with Gasteiger partial charge in [-0.25, -0.2) is 0 Å². The molecule has 2 heterocycles. The largest absolute Gasteiger partial charge is 0.352 e. The van der Waals surface area contributed by atoms with Crippen molar-refractivity contribution in [3.05, 3.63) is 70.2 Å². The number of anilines is 1. The Morgan fingerprint density at radius 3 is 2.43 bits per heavy atom. The van der Waals surface area contributed by atoms with Crippen LogP contribution in [0.4, 0.5) is 5.82 Å². The number of carbonyl (C=O) groups is 1. The van der Waals surface area contributed by atoms with Crippen molar-refractivity contribution in [3.63, 3.8) is 0 Å². The number of halogens is 1. The molecule has 144 valence electrons. The zero-order valence-corrected chi connectivity index (χ0v) is 16.8. The number of rotatable bonds is 3. The number of nitrogens with zero attached hydrogens (tertiary/aromatic N) is 3. The second-order valence-electron chi connectivity index (χ2n) is 7.24. The summed E-state index contributed by atoms with van der Waals surface area (Å²) >= 11 is 5.96. The molecule has 0 saturated carbocycles. The van der Waals surface area contributed by atoms with Crippen molar-refractivity contribution >= 4 is 23.3 Å². The van der Waals surface area contributed by atoms with Gasteiger partial charge in [0.1, 0.15) is 0 Å². The summed E-state index contributed by atoms with van der Waals surface area (Å²) < 4.78 is 0. The van der Waals surface area contributed by atoms with Crippen molar-refractivity contribution in [1.29, 1.82) is 0 Å². The fourth-order valence-corrected chi connectivity index (χ4v) is 3.65. The Morgan fingerprint density at radius 2 is 1.71 bits per heavy atom. The van der Waals surface area contributed by atoms with Crippen LogP contribution in [-0.4, -0.2) is 47.2 Å². The molecule has 1 aromatic heterocycles. The van der Waals surface area contributed by atoms with Gasteiger partial charge in [-0.2, -0.15) is 5.10 Å². The van der Waals surface area contributed by atoms with Crippen LogP contribution in [-0.2, 0) is 0 Å². The van der Waals surface area contributed by atoms with E-state index < -0.39 is 0 Å². The van der Waals surface area contributed by atoms with Crippen LogP contribution >= 0.6 is 11.6 Å². The molecular weight excluding hydrogens is 372 g/mol. The van der Waals surface area contributed by atoms with Crippen LogP contribution in [0.25, 0.3) is 11.3 Å².